The van der Waals surface area contributed by atoms with E-state index in [-0.39, 0.29) is 0 Å². The number of methoxy groups -OCH3 is 1. The van der Waals surface area contributed by atoms with Crippen LogP contribution in [0.1, 0.15) is 22.3 Å². The first-order valence-corrected chi connectivity index (χ1v) is 10.5. The quantitative estimate of drug-likeness (QED) is 0.585. The van der Waals surface area contributed by atoms with Gasteiger partial charge in [0.05, 0.1) is 12.2 Å². The fourth-order valence-corrected chi connectivity index (χ4v) is 3.73. The molecule has 0 bridgehead atoms. The van der Waals surface area contributed by atoms with Crippen molar-refractivity contribution in [3.63, 3.8) is 0 Å². The lowest BCUT2D eigenvalue weighted by molar-refractivity contribution is 0.210. The number of hydrogen-bond donors (Lipinski definition) is 2. The number of nitrogens with zero attached hydrogens (tertiary/aromatic N) is 4. The maximum Gasteiger partial charge on any atom is 0.146 e. The molecule has 30 heavy (non-hydrogen) atoms. The molecule has 2 aromatic rings. The highest BCUT2D eigenvalue weighted by atomic mass is 16.5. The Hall–Kier alpha value is -2.66. The van der Waals surface area contributed by atoms with Gasteiger partial charge in [0.15, 0.2) is 0 Å². The van der Waals surface area contributed by atoms with Crippen LogP contribution in [0, 0.1) is 11.3 Å². The van der Waals surface area contributed by atoms with Crippen molar-refractivity contribution < 1.29 is 4.74 Å². The number of ether oxygens (including phenoxy) is 1. The van der Waals surface area contributed by atoms with Crippen molar-refractivity contribution in [1.82, 2.24) is 14.8 Å². The number of nitrogens with one attached hydrogen (secondary N) is 2. The van der Waals surface area contributed by atoms with E-state index in [1.54, 1.807) is 7.11 Å². The first kappa shape index (κ1) is 22.0. The number of likely N-dealkylation sites (N-methyl/N-ethyl adjacent to an activating group) is 1. The monoisotopic (exact) mass is 408 g/mol. The van der Waals surface area contributed by atoms with Crippen LogP contribution < -0.4 is 10.6 Å². The second-order valence-electron chi connectivity index (χ2n) is 7.85. The Kier molecular flexibility index (Phi) is 8.03. The maximum atomic E-state index is 9.89. The average Bonchev–Trinajstić information content (AvgIpc) is 2.74. The van der Waals surface area contributed by atoms with Gasteiger partial charge in [0, 0.05) is 51.9 Å². The Balaban J connectivity index is 1.86. The molecule has 2 N–H and O–H groups in total. The molecule has 1 aliphatic heterocycles. The van der Waals surface area contributed by atoms with E-state index in [9.17, 15) is 5.26 Å². The lowest BCUT2D eigenvalue weighted by Gasteiger charge is -2.31. The van der Waals surface area contributed by atoms with Gasteiger partial charge in [-0.15, -0.1) is 0 Å². The van der Waals surface area contributed by atoms with Gasteiger partial charge < -0.3 is 20.3 Å². The van der Waals surface area contributed by atoms with Gasteiger partial charge in [-0.05, 0) is 31.6 Å². The summed E-state index contributed by atoms with van der Waals surface area (Å²) in [5.41, 5.74) is 4.22. The van der Waals surface area contributed by atoms with Gasteiger partial charge in [0.2, 0.25) is 0 Å². The van der Waals surface area contributed by atoms with Crippen molar-refractivity contribution in [1.29, 1.82) is 5.26 Å². The topological polar surface area (TPSA) is 76.5 Å². The summed E-state index contributed by atoms with van der Waals surface area (Å²) < 4.78 is 5.20. The number of nitriles is 1. The fourth-order valence-electron chi connectivity index (χ4n) is 3.73. The van der Waals surface area contributed by atoms with Crippen molar-refractivity contribution >= 4 is 11.6 Å². The lowest BCUT2D eigenvalue weighted by atomic mass is 9.95. The second kappa shape index (κ2) is 10.9. The number of pyridine rings is 1. The van der Waals surface area contributed by atoms with E-state index in [0.717, 1.165) is 56.1 Å². The van der Waals surface area contributed by atoms with Crippen molar-refractivity contribution in [2.75, 3.05) is 64.6 Å². The summed E-state index contributed by atoms with van der Waals surface area (Å²) in [7, 11) is 5.76. The Morgan fingerprint density at radius 1 is 1.13 bits per heavy atom. The number of anilines is 2. The van der Waals surface area contributed by atoms with Crippen LogP contribution in [0.2, 0.25) is 0 Å². The molecule has 0 saturated heterocycles. The van der Waals surface area contributed by atoms with Crippen LogP contribution in [-0.4, -0.2) is 68.8 Å². The Bertz CT molecular complexity index is 862. The molecule has 2 heterocycles. The Morgan fingerprint density at radius 2 is 1.90 bits per heavy atom. The minimum Gasteiger partial charge on any atom is -0.383 e. The molecule has 1 aromatic carbocycles. The van der Waals surface area contributed by atoms with Crippen LogP contribution in [-0.2, 0) is 24.2 Å². The predicted molar refractivity (Wildman–Crippen MR) is 121 cm³/mol. The summed E-state index contributed by atoms with van der Waals surface area (Å²) in [5, 5.41) is 16.7. The summed E-state index contributed by atoms with van der Waals surface area (Å²) in [6.07, 6.45) is 0.842. The summed E-state index contributed by atoms with van der Waals surface area (Å²) in [6, 6.07) is 12.9. The fraction of sp³-hybridized carbons (Fsp3) is 0.478. The molecule has 0 radical (unpaired) electrons. The number of fused-ring (bicyclic) bond motifs is 1. The number of aromatic nitrogens is 1. The third-order valence-corrected chi connectivity index (χ3v) is 5.28. The molecular formula is C23H32N6O. The van der Waals surface area contributed by atoms with E-state index < -0.39 is 0 Å². The van der Waals surface area contributed by atoms with E-state index in [1.165, 1.54) is 5.56 Å². The van der Waals surface area contributed by atoms with Gasteiger partial charge in [-0.2, -0.15) is 5.26 Å². The smallest absolute Gasteiger partial charge is 0.146 e. The van der Waals surface area contributed by atoms with Crippen LogP contribution in [0.25, 0.3) is 0 Å². The molecule has 0 saturated carbocycles. The third-order valence-electron chi connectivity index (χ3n) is 5.28. The van der Waals surface area contributed by atoms with Crippen molar-refractivity contribution in [3.05, 3.63) is 52.6 Å². The van der Waals surface area contributed by atoms with Gasteiger partial charge in [-0.3, -0.25) is 4.90 Å². The van der Waals surface area contributed by atoms with Crippen LogP contribution >= 0.6 is 0 Å². The number of benzene rings is 1. The highest BCUT2D eigenvalue weighted by Crippen LogP contribution is 2.32. The van der Waals surface area contributed by atoms with Crippen molar-refractivity contribution in [3.8, 4) is 6.07 Å². The summed E-state index contributed by atoms with van der Waals surface area (Å²) in [4.78, 5) is 9.35. The minimum atomic E-state index is 0.605. The van der Waals surface area contributed by atoms with Gasteiger partial charge in [-0.1, -0.05) is 30.3 Å². The highest BCUT2D eigenvalue weighted by molar-refractivity contribution is 5.66. The first-order chi connectivity index (χ1) is 14.6. The molecule has 0 aliphatic carbocycles. The maximum absolute atomic E-state index is 9.89. The van der Waals surface area contributed by atoms with E-state index in [2.05, 4.69) is 50.8 Å². The van der Waals surface area contributed by atoms with E-state index in [4.69, 9.17) is 9.72 Å². The molecule has 0 atom stereocenters. The van der Waals surface area contributed by atoms with Gasteiger partial charge >= 0.3 is 0 Å². The van der Waals surface area contributed by atoms with E-state index in [1.807, 2.05) is 20.2 Å². The number of hydrogen-bond acceptors (Lipinski definition) is 7. The molecular weight excluding hydrogens is 376 g/mol. The molecule has 1 aromatic heterocycles. The zero-order chi connectivity index (χ0) is 21.3. The largest absolute Gasteiger partial charge is 0.383 e. The first-order valence-electron chi connectivity index (χ1n) is 10.5. The molecule has 7 heteroatoms. The molecule has 0 spiro atoms. The minimum absolute atomic E-state index is 0.605. The van der Waals surface area contributed by atoms with Crippen molar-refractivity contribution in [2.45, 2.75) is 19.5 Å². The predicted octanol–water partition coefficient (Wildman–Crippen LogP) is 2.54. The third kappa shape index (κ3) is 5.70. The molecule has 0 unspecified atom stereocenters. The molecule has 160 valence electrons. The molecule has 0 fully saturated rings. The zero-order valence-corrected chi connectivity index (χ0v) is 18.2. The second-order valence-corrected chi connectivity index (χ2v) is 7.85. The summed E-state index contributed by atoms with van der Waals surface area (Å²) >= 11 is 0. The average molecular weight is 409 g/mol. The standard InChI is InChI=1S/C23H32N6O/c1-28(2)13-10-25-22-20(15-24)19-9-12-29(16-18-7-5-4-6-8-18)17-21(19)23(27-22)26-11-14-30-3/h4-8H,9-14,16-17H2,1-3H3,(H2,25,26,27). The Labute approximate surface area is 179 Å². The number of rotatable bonds is 10. The van der Waals surface area contributed by atoms with Crippen LogP contribution in [0.5, 0.6) is 0 Å². The van der Waals surface area contributed by atoms with Crippen LogP contribution in [0.4, 0.5) is 11.6 Å². The van der Waals surface area contributed by atoms with Gasteiger partial charge in [-0.25, -0.2) is 4.98 Å². The van der Waals surface area contributed by atoms with Crippen LogP contribution in [0.3, 0.4) is 0 Å². The Morgan fingerprint density at radius 3 is 2.60 bits per heavy atom. The molecule has 0 amide bonds. The highest BCUT2D eigenvalue weighted by Gasteiger charge is 2.25. The van der Waals surface area contributed by atoms with Crippen molar-refractivity contribution in [2.24, 2.45) is 0 Å². The molecule has 3 rings (SSSR count). The van der Waals surface area contributed by atoms with Crippen LogP contribution in [0.15, 0.2) is 30.3 Å². The summed E-state index contributed by atoms with van der Waals surface area (Å²) in [5.74, 6) is 1.53. The van der Waals surface area contributed by atoms with Gasteiger partial charge in [0.1, 0.15) is 17.7 Å². The van der Waals surface area contributed by atoms with E-state index >= 15 is 0 Å². The summed E-state index contributed by atoms with van der Waals surface area (Å²) in [6.45, 7) is 5.49. The normalized spacial score (nSPS) is 13.7. The lowest BCUT2D eigenvalue weighted by Crippen LogP contribution is -2.32. The van der Waals surface area contributed by atoms with E-state index in [0.29, 0.717) is 24.5 Å². The van der Waals surface area contributed by atoms with Gasteiger partial charge in [0.25, 0.3) is 0 Å². The molecule has 7 nitrogen and oxygen atoms in total. The SMILES string of the molecule is COCCNc1nc(NCCN(C)C)c(C#N)c2c1CN(Cc1ccccc1)CC2. The molecule has 1 aliphatic rings. The zero-order valence-electron chi connectivity index (χ0n) is 18.2.